The Kier molecular flexibility index (Phi) is 6.96. The van der Waals surface area contributed by atoms with Crippen molar-refractivity contribution in [2.45, 2.75) is 26.7 Å². The Morgan fingerprint density at radius 1 is 1.25 bits per heavy atom. The zero-order valence-corrected chi connectivity index (χ0v) is 19.3. The van der Waals surface area contributed by atoms with Crippen LogP contribution in [-0.4, -0.2) is 54.4 Å². The molecular formula is C24H29ClN4O3. The first kappa shape index (κ1) is 22.6. The number of hydrogen-bond donors (Lipinski definition) is 1. The SMILES string of the molecule is C[C@@H]1C[C@H](C)CN(CCCNC(=O)CN2C(=O)c3cccnc3Oc3ccc(Cl)cc32)C1. The molecule has 170 valence electrons. The maximum Gasteiger partial charge on any atom is 0.264 e. The third kappa shape index (κ3) is 5.22. The van der Waals surface area contributed by atoms with Gasteiger partial charge in [0.1, 0.15) is 12.1 Å². The van der Waals surface area contributed by atoms with Gasteiger partial charge in [0.2, 0.25) is 11.8 Å². The number of aromatic nitrogens is 1. The summed E-state index contributed by atoms with van der Waals surface area (Å²) in [5.74, 6) is 1.51. The highest BCUT2D eigenvalue weighted by molar-refractivity contribution is 6.31. The normalized spacial score (nSPS) is 20.7. The van der Waals surface area contributed by atoms with E-state index in [0.717, 1.165) is 26.1 Å². The van der Waals surface area contributed by atoms with Gasteiger partial charge >= 0.3 is 0 Å². The summed E-state index contributed by atoms with van der Waals surface area (Å²) in [4.78, 5) is 34.0. The zero-order chi connectivity index (χ0) is 22.7. The molecule has 0 unspecified atom stereocenters. The van der Waals surface area contributed by atoms with Crippen molar-refractivity contribution >= 4 is 29.1 Å². The van der Waals surface area contributed by atoms with Crippen LogP contribution >= 0.6 is 11.6 Å². The Morgan fingerprint density at radius 3 is 2.81 bits per heavy atom. The monoisotopic (exact) mass is 456 g/mol. The Morgan fingerprint density at radius 2 is 2.03 bits per heavy atom. The van der Waals surface area contributed by atoms with Crippen molar-refractivity contribution in [3.63, 3.8) is 0 Å². The minimum absolute atomic E-state index is 0.123. The van der Waals surface area contributed by atoms with Crippen molar-refractivity contribution in [2.75, 3.05) is 37.6 Å². The summed E-state index contributed by atoms with van der Waals surface area (Å²) in [5, 5.41) is 3.41. The summed E-state index contributed by atoms with van der Waals surface area (Å²) in [5.41, 5.74) is 0.757. The van der Waals surface area contributed by atoms with Gasteiger partial charge < -0.3 is 15.0 Å². The molecule has 2 atom stereocenters. The molecule has 1 fully saturated rings. The summed E-state index contributed by atoms with van der Waals surface area (Å²) < 4.78 is 5.85. The molecule has 1 aromatic carbocycles. The number of halogens is 1. The summed E-state index contributed by atoms with van der Waals surface area (Å²) >= 11 is 6.17. The maximum absolute atomic E-state index is 13.2. The van der Waals surface area contributed by atoms with Crippen LogP contribution in [0.2, 0.25) is 5.02 Å². The summed E-state index contributed by atoms with van der Waals surface area (Å²) in [7, 11) is 0. The fraction of sp³-hybridized carbons (Fsp3) is 0.458. The first-order valence-electron chi connectivity index (χ1n) is 11.1. The number of rotatable bonds is 6. The predicted octanol–water partition coefficient (Wildman–Crippen LogP) is 3.97. The van der Waals surface area contributed by atoms with E-state index in [1.165, 1.54) is 11.3 Å². The average Bonchev–Trinajstić information content (AvgIpc) is 2.86. The molecule has 7 nitrogen and oxygen atoms in total. The smallest absolute Gasteiger partial charge is 0.264 e. The molecule has 4 rings (SSSR count). The lowest BCUT2D eigenvalue weighted by molar-refractivity contribution is -0.119. The van der Waals surface area contributed by atoms with Gasteiger partial charge in [-0.2, -0.15) is 0 Å². The molecule has 0 radical (unpaired) electrons. The number of pyridine rings is 1. The van der Waals surface area contributed by atoms with Crippen LogP contribution in [0.3, 0.4) is 0 Å². The number of benzene rings is 1. The van der Waals surface area contributed by atoms with Crippen LogP contribution in [-0.2, 0) is 4.79 Å². The minimum Gasteiger partial charge on any atom is -0.436 e. The van der Waals surface area contributed by atoms with Crippen molar-refractivity contribution in [3.05, 3.63) is 47.1 Å². The number of hydrogen-bond acceptors (Lipinski definition) is 5. The van der Waals surface area contributed by atoms with Crippen LogP contribution in [0.4, 0.5) is 5.69 Å². The van der Waals surface area contributed by atoms with Gasteiger partial charge in [0, 0.05) is 30.9 Å². The number of carbonyl (C=O) groups is 2. The van der Waals surface area contributed by atoms with Gasteiger partial charge in [-0.15, -0.1) is 0 Å². The van der Waals surface area contributed by atoms with Crippen molar-refractivity contribution < 1.29 is 14.3 Å². The van der Waals surface area contributed by atoms with Crippen molar-refractivity contribution in [1.82, 2.24) is 15.2 Å². The molecule has 1 saturated heterocycles. The number of piperidine rings is 1. The summed E-state index contributed by atoms with van der Waals surface area (Å²) in [6.07, 6.45) is 3.72. The Hall–Kier alpha value is -2.64. The Balaban J connectivity index is 1.39. The summed E-state index contributed by atoms with van der Waals surface area (Å²) in [6, 6.07) is 8.31. The third-order valence-corrected chi connectivity index (χ3v) is 6.12. The molecule has 0 aliphatic carbocycles. The van der Waals surface area contributed by atoms with E-state index in [0.29, 0.717) is 40.4 Å². The fourth-order valence-corrected chi connectivity index (χ4v) is 4.81. The van der Waals surface area contributed by atoms with Crippen LogP contribution in [0, 0.1) is 11.8 Å². The second kappa shape index (κ2) is 9.88. The van der Waals surface area contributed by atoms with E-state index in [-0.39, 0.29) is 24.2 Å². The van der Waals surface area contributed by atoms with Gasteiger partial charge in [0.25, 0.3) is 5.91 Å². The first-order chi connectivity index (χ1) is 15.4. The molecule has 32 heavy (non-hydrogen) atoms. The molecule has 3 heterocycles. The molecule has 1 aromatic heterocycles. The van der Waals surface area contributed by atoms with Crippen LogP contribution in [0.1, 0.15) is 37.0 Å². The van der Waals surface area contributed by atoms with Crippen molar-refractivity contribution in [1.29, 1.82) is 0 Å². The van der Waals surface area contributed by atoms with E-state index in [9.17, 15) is 9.59 Å². The van der Waals surface area contributed by atoms with E-state index in [1.807, 2.05) is 0 Å². The van der Waals surface area contributed by atoms with Crippen LogP contribution in [0.25, 0.3) is 0 Å². The van der Waals surface area contributed by atoms with E-state index >= 15 is 0 Å². The number of anilines is 1. The molecule has 2 aliphatic rings. The maximum atomic E-state index is 13.2. The van der Waals surface area contributed by atoms with E-state index in [1.54, 1.807) is 36.5 Å². The summed E-state index contributed by atoms with van der Waals surface area (Å²) in [6.45, 7) is 8.23. The number of amides is 2. The minimum atomic E-state index is -0.347. The number of nitrogens with zero attached hydrogens (tertiary/aromatic N) is 3. The number of likely N-dealkylation sites (tertiary alicyclic amines) is 1. The number of carbonyl (C=O) groups excluding carboxylic acids is 2. The van der Waals surface area contributed by atoms with Gasteiger partial charge in [-0.3, -0.25) is 14.5 Å². The number of fused-ring (bicyclic) bond motifs is 2. The number of ether oxygens (including phenoxy) is 1. The molecule has 2 aromatic rings. The lowest BCUT2D eigenvalue weighted by Gasteiger charge is -2.34. The van der Waals surface area contributed by atoms with Crippen LogP contribution in [0.15, 0.2) is 36.5 Å². The molecule has 2 amide bonds. The Labute approximate surface area is 193 Å². The second-order valence-electron chi connectivity index (χ2n) is 8.87. The average molecular weight is 457 g/mol. The standard InChI is InChI=1S/C24H29ClN4O3/c1-16-11-17(2)14-28(13-16)10-4-9-26-22(30)15-29-20-12-18(25)6-7-21(20)32-23-19(24(29)31)5-3-8-27-23/h3,5-8,12,16-17H,4,9-11,13-15H2,1-2H3,(H,26,30)/t16-,17+. The van der Waals surface area contributed by atoms with Gasteiger partial charge in [0.05, 0.1) is 5.69 Å². The topological polar surface area (TPSA) is 74.8 Å². The van der Waals surface area contributed by atoms with E-state index < -0.39 is 0 Å². The number of nitrogens with one attached hydrogen (secondary N) is 1. The van der Waals surface area contributed by atoms with Gasteiger partial charge in [-0.1, -0.05) is 25.4 Å². The third-order valence-electron chi connectivity index (χ3n) is 5.88. The molecule has 1 N–H and O–H groups in total. The molecular weight excluding hydrogens is 428 g/mol. The van der Waals surface area contributed by atoms with Gasteiger partial charge in [-0.05, 0) is 61.6 Å². The molecule has 0 saturated carbocycles. The highest BCUT2D eigenvalue weighted by atomic mass is 35.5. The lowest BCUT2D eigenvalue weighted by Crippen LogP contribution is -2.42. The van der Waals surface area contributed by atoms with Gasteiger partial charge in [0.15, 0.2) is 5.75 Å². The van der Waals surface area contributed by atoms with E-state index in [2.05, 4.69) is 29.0 Å². The second-order valence-corrected chi connectivity index (χ2v) is 9.31. The highest BCUT2D eigenvalue weighted by Crippen LogP contribution is 2.39. The molecule has 0 bridgehead atoms. The Bertz CT molecular complexity index is 989. The largest absolute Gasteiger partial charge is 0.436 e. The van der Waals surface area contributed by atoms with E-state index in [4.69, 9.17) is 16.3 Å². The van der Waals surface area contributed by atoms with Crippen molar-refractivity contribution in [3.8, 4) is 11.6 Å². The zero-order valence-electron chi connectivity index (χ0n) is 18.5. The molecule has 0 spiro atoms. The highest BCUT2D eigenvalue weighted by Gasteiger charge is 2.30. The van der Waals surface area contributed by atoms with Crippen LogP contribution in [0.5, 0.6) is 11.6 Å². The lowest BCUT2D eigenvalue weighted by atomic mass is 9.92. The fourth-order valence-electron chi connectivity index (χ4n) is 4.64. The first-order valence-corrected chi connectivity index (χ1v) is 11.5. The van der Waals surface area contributed by atoms with Gasteiger partial charge in [-0.25, -0.2) is 4.98 Å². The predicted molar refractivity (Wildman–Crippen MR) is 124 cm³/mol. The molecule has 2 aliphatic heterocycles. The van der Waals surface area contributed by atoms with Crippen molar-refractivity contribution in [2.24, 2.45) is 11.8 Å². The molecule has 8 heteroatoms. The quantitative estimate of drug-likeness (QED) is 0.665. The van der Waals surface area contributed by atoms with Crippen LogP contribution < -0.4 is 15.0 Å².